The molecule has 1 aromatic rings. The maximum atomic E-state index is 12.8. The second-order valence-corrected chi connectivity index (χ2v) is 7.50. The maximum absolute atomic E-state index is 12.8. The van der Waals surface area contributed by atoms with Gasteiger partial charge in [0.05, 0.1) is 0 Å². The van der Waals surface area contributed by atoms with E-state index >= 15 is 0 Å². The van der Waals surface area contributed by atoms with Crippen molar-refractivity contribution >= 4 is 35.0 Å². The first-order valence-electron chi connectivity index (χ1n) is 8.46. The van der Waals surface area contributed by atoms with Crippen molar-refractivity contribution in [1.29, 1.82) is 0 Å². The lowest BCUT2D eigenvalue weighted by Crippen LogP contribution is -2.50. The molecule has 2 unspecified atom stereocenters. The SMILES string of the molecule is CC(=O)N1CCCC(N2CCC(Cc3c(Cl)cccc3Cl)C2=O)C1. The van der Waals surface area contributed by atoms with Crippen LogP contribution in [0.1, 0.15) is 31.7 Å². The monoisotopic (exact) mass is 368 g/mol. The molecule has 0 aliphatic carbocycles. The van der Waals surface area contributed by atoms with E-state index in [0.717, 1.165) is 37.9 Å². The highest BCUT2D eigenvalue weighted by Crippen LogP contribution is 2.32. The summed E-state index contributed by atoms with van der Waals surface area (Å²) in [5.41, 5.74) is 0.857. The minimum absolute atomic E-state index is 0.0740. The van der Waals surface area contributed by atoms with Gasteiger partial charge in [-0.25, -0.2) is 0 Å². The maximum Gasteiger partial charge on any atom is 0.226 e. The van der Waals surface area contributed by atoms with Crippen LogP contribution in [0.25, 0.3) is 0 Å². The third-order valence-electron chi connectivity index (χ3n) is 5.15. The minimum atomic E-state index is -0.0740. The highest BCUT2D eigenvalue weighted by atomic mass is 35.5. The van der Waals surface area contributed by atoms with Crippen molar-refractivity contribution in [1.82, 2.24) is 9.80 Å². The first-order chi connectivity index (χ1) is 11.5. The molecule has 4 nitrogen and oxygen atoms in total. The molecule has 0 spiro atoms. The molecule has 2 heterocycles. The van der Waals surface area contributed by atoms with Crippen LogP contribution in [-0.4, -0.2) is 47.3 Å². The molecular formula is C18H22Cl2N2O2. The molecule has 2 aliphatic rings. The summed E-state index contributed by atoms with van der Waals surface area (Å²) in [5, 5.41) is 1.24. The zero-order valence-electron chi connectivity index (χ0n) is 13.8. The van der Waals surface area contributed by atoms with Crippen molar-refractivity contribution in [2.45, 2.75) is 38.6 Å². The number of hydrogen-bond donors (Lipinski definition) is 0. The van der Waals surface area contributed by atoms with Gasteiger partial charge in [0.2, 0.25) is 11.8 Å². The van der Waals surface area contributed by atoms with E-state index in [2.05, 4.69) is 0 Å². The molecular weight excluding hydrogens is 347 g/mol. The number of likely N-dealkylation sites (tertiary alicyclic amines) is 2. The van der Waals surface area contributed by atoms with E-state index in [1.54, 1.807) is 6.92 Å². The molecule has 3 rings (SSSR count). The molecule has 2 saturated heterocycles. The summed E-state index contributed by atoms with van der Waals surface area (Å²) in [7, 11) is 0. The average molecular weight is 369 g/mol. The number of carbonyl (C=O) groups excluding carboxylic acids is 2. The van der Waals surface area contributed by atoms with Crippen LogP contribution in [0, 0.1) is 5.92 Å². The molecule has 2 amide bonds. The zero-order valence-corrected chi connectivity index (χ0v) is 15.3. The Morgan fingerprint density at radius 1 is 1.21 bits per heavy atom. The van der Waals surface area contributed by atoms with Crippen LogP contribution >= 0.6 is 23.2 Å². The van der Waals surface area contributed by atoms with Crippen molar-refractivity contribution in [3.63, 3.8) is 0 Å². The summed E-state index contributed by atoms with van der Waals surface area (Å²) < 4.78 is 0. The molecule has 0 saturated carbocycles. The molecule has 6 heteroatoms. The summed E-state index contributed by atoms with van der Waals surface area (Å²) >= 11 is 12.5. The highest BCUT2D eigenvalue weighted by Gasteiger charge is 2.38. The van der Waals surface area contributed by atoms with Gasteiger partial charge >= 0.3 is 0 Å². The summed E-state index contributed by atoms with van der Waals surface area (Å²) in [6.45, 7) is 3.80. The van der Waals surface area contributed by atoms with E-state index in [9.17, 15) is 9.59 Å². The number of halogens is 2. The molecule has 0 bridgehead atoms. The molecule has 24 heavy (non-hydrogen) atoms. The number of benzene rings is 1. The fourth-order valence-electron chi connectivity index (χ4n) is 3.78. The standard InChI is InChI=1S/C18H22Cl2N2O2/c1-12(23)21-8-3-4-14(11-21)22-9-7-13(18(22)24)10-15-16(19)5-2-6-17(15)20/h2,5-6,13-14H,3-4,7-11H2,1H3. The Morgan fingerprint density at radius 3 is 2.58 bits per heavy atom. The zero-order chi connectivity index (χ0) is 17.3. The summed E-state index contributed by atoms with van der Waals surface area (Å²) in [6.07, 6.45) is 3.32. The Hall–Kier alpha value is -1.26. The number of amides is 2. The van der Waals surface area contributed by atoms with Gasteiger partial charge < -0.3 is 9.80 Å². The number of piperidine rings is 1. The Morgan fingerprint density at radius 2 is 1.92 bits per heavy atom. The van der Waals surface area contributed by atoms with Gasteiger partial charge in [-0.05, 0) is 43.4 Å². The lowest BCUT2D eigenvalue weighted by atomic mass is 9.97. The molecule has 2 aliphatic heterocycles. The van der Waals surface area contributed by atoms with Gasteiger partial charge in [0.15, 0.2) is 0 Å². The van der Waals surface area contributed by atoms with Gasteiger partial charge in [0.25, 0.3) is 0 Å². The number of nitrogens with zero attached hydrogens (tertiary/aromatic N) is 2. The smallest absolute Gasteiger partial charge is 0.226 e. The predicted octanol–water partition coefficient (Wildman–Crippen LogP) is 3.40. The molecule has 2 fully saturated rings. The van der Waals surface area contributed by atoms with Crippen LogP contribution in [0.4, 0.5) is 0 Å². The Kier molecular flexibility index (Phi) is 5.36. The van der Waals surface area contributed by atoms with Gasteiger partial charge in [-0.15, -0.1) is 0 Å². The summed E-state index contributed by atoms with van der Waals surface area (Å²) in [4.78, 5) is 28.3. The van der Waals surface area contributed by atoms with Gasteiger partial charge in [0, 0.05) is 48.6 Å². The molecule has 2 atom stereocenters. The lowest BCUT2D eigenvalue weighted by Gasteiger charge is -2.37. The van der Waals surface area contributed by atoms with Crippen molar-refractivity contribution in [2.24, 2.45) is 5.92 Å². The molecule has 0 radical (unpaired) electrons. The third kappa shape index (κ3) is 3.55. The largest absolute Gasteiger partial charge is 0.341 e. The van der Waals surface area contributed by atoms with Crippen LogP contribution in [0.3, 0.4) is 0 Å². The number of carbonyl (C=O) groups is 2. The fourth-order valence-corrected chi connectivity index (χ4v) is 4.34. The van der Waals surface area contributed by atoms with E-state index in [4.69, 9.17) is 23.2 Å². The topological polar surface area (TPSA) is 40.6 Å². The van der Waals surface area contributed by atoms with Crippen molar-refractivity contribution in [3.05, 3.63) is 33.8 Å². The van der Waals surface area contributed by atoms with Gasteiger partial charge in [-0.1, -0.05) is 29.3 Å². The summed E-state index contributed by atoms with van der Waals surface area (Å²) in [6, 6.07) is 5.58. The van der Waals surface area contributed by atoms with Crippen LogP contribution in [0.15, 0.2) is 18.2 Å². The molecule has 1 aromatic carbocycles. The van der Waals surface area contributed by atoms with E-state index in [0.29, 0.717) is 23.0 Å². The molecule has 130 valence electrons. The van der Waals surface area contributed by atoms with Crippen LogP contribution in [0.2, 0.25) is 10.0 Å². The Labute approximate surface area is 152 Å². The third-order valence-corrected chi connectivity index (χ3v) is 5.85. The van der Waals surface area contributed by atoms with E-state index in [-0.39, 0.29) is 23.8 Å². The highest BCUT2D eigenvalue weighted by molar-refractivity contribution is 6.36. The fraction of sp³-hybridized carbons (Fsp3) is 0.556. The first kappa shape index (κ1) is 17.6. The van der Waals surface area contributed by atoms with Crippen molar-refractivity contribution < 1.29 is 9.59 Å². The number of hydrogen-bond acceptors (Lipinski definition) is 2. The first-order valence-corrected chi connectivity index (χ1v) is 9.22. The van der Waals surface area contributed by atoms with E-state index < -0.39 is 0 Å². The van der Waals surface area contributed by atoms with E-state index in [1.807, 2.05) is 28.0 Å². The predicted molar refractivity (Wildman–Crippen MR) is 95.3 cm³/mol. The second kappa shape index (κ2) is 7.32. The van der Waals surface area contributed by atoms with Crippen LogP contribution in [0.5, 0.6) is 0 Å². The van der Waals surface area contributed by atoms with Crippen molar-refractivity contribution in [3.8, 4) is 0 Å². The van der Waals surface area contributed by atoms with Crippen molar-refractivity contribution in [2.75, 3.05) is 19.6 Å². The van der Waals surface area contributed by atoms with Gasteiger partial charge in [0.1, 0.15) is 0 Å². The molecule has 0 N–H and O–H groups in total. The molecule has 0 aromatic heterocycles. The van der Waals surface area contributed by atoms with Crippen LogP contribution in [-0.2, 0) is 16.0 Å². The average Bonchev–Trinajstić information content (AvgIpc) is 2.92. The Bertz CT molecular complexity index is 630. The Balaban J connectivity index is 1.68. The van der Waals surface area contributed by atoms with Gasteiger partial charge in [-0.2, -0.15) is 0 Å². The normalized spacial score (nSPS) is 24.5. The van der Waals surface area contributed by atoms with E-state index in [1.165, 1.54) is 0 Å². The van der Waals surface area contributed by atoms with Gasteiger partial charge in [-0.3, -0.25) is 9.59 Å². The quantitative estimate of drug-likeness (QED) is 0.820. The summed E-state index contributed by atoms with van der Waals surface area (Å²) in [5.74, 6) is 0.183. The minimum Gasteiger partial charge on any atom is -0.341 e. The number of rotatable bonds is 3. The second-order valence-electron chi connectivity index (χ2n) is 6.68. The van der Waals surface area contributed by atoms with Crippen LogP contribution < -0.4 is 0 Å². The lowest BCUT2D eigenvalue weighted by molar-refractivity contribution is -0.137.